The Morgan fingerprint density at radius 2 is 1.91 bits per heavy atom. The number of oxime groups is 2. The second kappa shape index (κ2) is 5.87. The van der Waals surface area contributed by atoms with E-state index in [-0.39, 0.29) is 5.60 Å². The zero-order chi connectivity index (χ0) is 15.6. The third-order valence-electron chi connectivity index (χ3n) is 4.44. The van der Waals surface area contributed by atoms with Gasteiger partial charge < -0.3 is 19.5 Å². The second-order valence-corrected chi connectivity index (χ2v) is 5.73. The summed E-state index contributed by atoms with van der Waals surface area (Å²) in [7, 11) is 3.23. The number of methoxy groups -OCH3 is 2. The predicted molar refractivity (Wildman–Crippen MR) is 82.2 cm³/mol. The molecule has 0 atom stereocenters. The summed E-state index contributed by atoms with van der Waals surface area (Å²) < 4.78 is 10.6. The number of rotatable bonds is 3. The highest BCUT2D eigenvalue weighted by atomic mass is 16.7. The fourth-order valence-electron chi connectivity index (χ4n) is 3.05. The van der Waals surface area contributed by atoms with Gasteiger partial charge in [0.05, 0.1) is 25.6 Å². The molecule has 1 fully saturated rings. The van der Waals surface area contributed by atoms with Crippen LogP contribution in [0.25, 0.3) is 0 Å². The highest BCUT2D eigenvalue weighted by Gasteiger charge is 2.42. The van der Waals surface area contributed by atoms with Crippen molar-refractivity contribution in [1.29, 1.82) is 0 Å². The third kappa shape index (κ3) is 2.61. The molecule has 0 saturated heterocycles. The molecule has 1 aromatic carbocycles. The Bertz CT molecular complexity index is 615. The standard InChI is InChI=1S/C16H20N2O4/c1-20-14-4-3-11(9-15(14)21-2)13-10-16(22-18-13)7-5-12(17-19)6-8-16/h3-4,9,19H,5-8,10H2,1-2H3. The Hall–Kier alpha value is -2.24. The molecule has 22 heavy (non-hydrogen) atoms. The van der Waals surface area contributed by atoms with Crippen LogP contribution in [0.4, 0.5) is 0 Å². The summed E-state index contributed by atoms with van der Waals surface area (Å²) in [5.41, 5.74) is 2.49. The lowest BCUT2D eigenvalue weighted by atomic mass is 9.80. The average Bonchev–Trinajstić information content (AvgIpc) is 2.98. The maximum Gasteiger partial charge on any atom is 0.161 e. The number of benzene rings is 1. The predicted octanol–water partition coefficient (Wildman–Crippen LogP) is 2.97. The molecule has 0 amide bonds. The molecule has 0 radical (unpaired) electrons. The summed E-state index contributed by atoms with van der Waals surface area (Å²) in [5, 5.41) is 16.4. The van der Waals surface area contributed by atoms with Gasteiger partial charge in [0.1, 0.15) is 5.60 Å². The zero-order valence-electron chi connectivity index (χ0n) is 12.8. The van der Waals surface area contributed by atoms with Crippen molar-refractivity contribution in [2.75, 3.05) is 14.2 Å². The quantitative estimate of drug-likeness (QED) is 0.688. The maximum absolute atomic E-state index is 8.85. The minimum atomic E-state index is -0.253. The van der Waals surface area contributed by atoms with Gasteiger partial charge >= 0.3 is 0 Å². The SMILES string of the molecule is COc1ccc(C2=NOC3(CCC(=NO)CC3)C2)cc1OC. The fourth-order valence-corrected chi connectivity index (χ4v) is 3.05. The number of hydrogen-bond acceptors (Lipinski definition) is 6. The number of hydrogen-bond donors (Lipinski definition) is 1. The molecule has 1 aliphatic heterocycles. The zero-order valence-corrected chi connectivity index (χ0v) is 12.8. The van der Waals surface area contributed by atoms with Gasteiger partial charge in [-0.05, 0) is 43.9 Å². The van der Waals surface area contributed by atoms with Gasteiger partial charge in [-0.25, -0.2) is 0 Å². The van der Waals surface area contributed by atoms with E-state index in [1.807, 2.05) is 18.2 Å². The topological polar surface area (TPSA) is 72.6 Å². The molecule has 1 heterocycles. The normalized spacial score (nSPS) is 23.9. The van der Waals surface area contributed by atoms with E-state index < -0.39 is 0 Å². The van der Waals surface area contributed by atoms with Crippen LogP contribution in [0.15, 0.2) is 28.5 Å². The molecule has 6 nitrogen and oxygen atoms in total. The Labute approximate surface area is 129 Å². The van der Waals surface area contributed by atoms with Gasteiger partial charge in [-0.15, -0.1) is 0 Å². The first-order valence-corrected chi connectivity index (χ1v) is 7.37. The van der Waals surface area contributed by atoms with E-state index in [1.165, 1.54) is 0 Å². The molecule has 3 rings (SSSR count). The molecule has 6 heteroatoms. The van der Waals surface area contributed by atoms with Crippen molar-refractivity contribution in [3.63, 3.8) is 0 Å². The van der Waals surface area contributed by atoms with Gasteiger partial charge in [0.25, 0.3) is 0 Å². The van der Waals surface area contributed by atoms with Crippen molar-refractivity contribution in [3.05, 3.63) is 23.8 Å². The fraction of sp³-hybridized carbons (Fsp3) is 0.500. The Morgan fingerprint density at radius 1 is 1.18 bits per heavy atom. The van der Waals surface area contributed by atoms with Crippen molar-refractivity contribution in [1.82, 2.24) is 0 Å². The van der Waals surface area contributed by atoms with Crippen LogP contribution < -0.4 is 9.47 Å². The van der Waals surface area contributed by atoms with Gasteiger partial charge in [0.2, 0.25) is 0 Å². The lowest BCUT2D eigenvalue weighted by Gasteiger charge is -2.30. The van der Waals surface area contributed by atoms with E-state index in [4.69, 9.17) is 19.5 Å². The number of nitrogens with zero attached hydrogens (tertiary/aromatic N) is 2. The van der Waals surface area contributed by atoms with Crippen LogP contribution in [-0.2, 0) is 4.84 Å². The van der Waals surface area contributed by atoms with E-state index in [0.29, 0.717) is 11.5 Å². The van der Waals surface area contributed by atoms with Crippen molar-refractivity contribution >= 4 is 11.4 Å². The molecule has 0 bridgehead atoms. The van der Waals surface area contributed by atoms with Crippen LogP contribution in [0, 0.1) is 0 Å². The molecular weight excluding hydrogens is 284 g/mol. The second-order valence-electron chi connectivity index (χ2n) is 5.73. The van der Waals surface area contributed by atoms with Gasteiger partial charge in [0, 0.05) is 12.0 Å². The molecular formula is C16H20N2O4. The maximum atomic E-state index is 8.85. The largest absolute Gasteiger partial charge is 0.493 e. The molecule has 1 aromatic rings. The summed E-state index contributed by atoms with van der Waals surface area (Å²) in [5.74, 6) is 1.38. The van der Waals surface area contributed by atoms with Crippen molar-refractivity contribution in [2.45, 2.75) is 37.7 Å². The summed E-state index contributed by atoms with van der Waals surface area (Å²) in [6.45, 7) is 0. The van der Waals surface area contributed by atoms with Gasteiger partial charge in [0.15, 0.2) is 11.5 Å². The average molecular weight is 304 g/mol. The molecule has 1 N–H and O–H groups in total. The summed E-state index contributed by atoms with van der Waals surface area (Å²) in [4.78, 5) is 5.75. The van der Waals surface area contributed by atoms with Crippen molar-refractivity contribution in [3.8, 4) is 11.5 Å². The first-order valence-electron chi connectivity index (χ1n) is 7.37. The Morgan fingerprint density at radius 3 is 2.55 bits per heavy atom. The Kier molecular flexibility index (Phi) is 3.92. The molecule has 1 spiro atoms. The first-order chi connectivity index (χ1) is 10.7. The van der Waals surface area contributed by atoms with E-state index in [1.54, 1.807) is 14.2 Å². The van der Waals surface area contributed by atoms with Crippen LogP contribution in [0.5, 0.6) is 11.5 Å². The lowest BCUT2D eigenvalue weighted by Crippen LogP contribution is -2.34. The van der Waals surface area contributed by atoms with Crippen LogP contribution in [0.2, 0.25) is 0 Å². The van der Waals surface area contributed by atoms with Crippen LogP contribution in [0.1, 0.15) is 37.7 Å². The van der Waals surface area contributed by atoms with E-state index in [0.717, 1.165) is 49.1 Å². The highest BCUT2D eigenvalue weighted by Crippen LogP contribution is 2.39. The van der Waals surface area contributed by atoms with Crippen LogP contribution in [-0.4, -0.2) is 36.5 Å². The lowest BCUT2D eigenvalue weighted by molar-refractivity contribution is -0.0334. The van der Waals surface area contributed by atoms with E-state index in [9.17, 15) is 0 Å². The van der Waals surface area contributed by atoms with Gasteiger partial charge in [-0.2, -0.15) is 0 Å². The first kappa shape index (κ1) is 14.7. The molecule has 1 aliphatic carbocycles. The monoisotopic (exact) mass is 304 g/mol. The minimum absolute atomic E-state index is 0.253. The minimum Gasteiger partial charge on any atom is -0.493 e. The molecule has 2 aliphatic rings. The molecule has 0 aromatic heterocycles. The smallest absolute Gasteiger partial charge is 0.161 e. The van der Waals surface area contributed by atoms with Crippen LogP contribution in [0.3, 0.4) is 0 Å². The van der Waals surface area contributed by atoms with Crippen LogP contribution >= 0.6 is 0 Å². The summed E-state index contributed by atoms with van der Waals surface area (Å²) in [6, 6.07) is 5.76. The Balaban J connectivity index is 1.75. The highest BCUT2D eigenvalue weighted by molar-refractivity contribution is 6.02. The summed E-state index contributed by atoms with van der Waals surface area (Å²) in [6.07, 6.45) is 3.93. The molecule has 1 saturated carbocycles. The number of ether oxygens (including phenoxy) is 2. The molecule has 118 valence electrons. The summed E-state index contributed by atoms with van der Waals surface area (Å²) >= 11 is 0. The van der Waals surface area contributed by atoms with Gasteiger partial charge in [-0.1, -0.05) is 10.3 Å². The van der Waals surface area contributed by atoms with E-state index in [2.05, 4.69) is 10.3 Å². The molecule has 0 unspecified atom stereocenters. The van der Waals surface area contributed by atoms with Crippen molar-refractivity contribution < 1.29 is 19.5 Å². The third-order valence-corrected chi connectivity index (χ3v) is 4.44. The van der Waals surface area contributed by atoms with Gasteiger partial charge in [-0.3, -0.25) is 0 Å². The van der Waals surface area contributed by atoms with E-state index >= 15 is 0 Å². The van der Waals surface area contributed by atoms with Crippen molar-refractivity contribution in [2.24, 2.45) is 10.3 Å².